The van der Waals surface area contributed by atoms with Gasteiger partial charge in [0.05, 0.1) is 12.0 Å². The molecule has 0 aliphatic heterocycles. The Labute approximate surface area is 109 Å². The van der Waals surface area contributed by atoms with Gasteiger partial charge in [-0.2, -0.15) is 0 Å². The second-order valence-electron chi connectivity index (χ2n) is 5.10. The van der Waals surface area contributed by atoms with Crippen LogP contribution in [0.1, 0.15) is 25.0 Å². The Morgan fingerprint density at radius 2 is 1.83 bits per heavy atom. The van der Waals surface area contributed by atoms with Gasteiger partial charge in [0.1, 0.15) is 0 Å². The Bertz CT molecular complexity index is 385. The Morgan fingerprint density at radius 1 is 1.28 bits per heavy atom. The summed E-state index contributed by atoms with van der Waals surface area (Å²) in [5, 5.41) is 3.24. The predicted molar refractivity (Wildman–Crippen MR) is 71.8 cm³/mol. The highest BCUT2D eigenvalue weighted by Crippen LogP contribution is 2.12. The van der Waals surface area contributed by atoms with Crippen molar-refractivity contribution in [1.29, 1.82) is 0 Å². The van der Waals surface area contributed by atoms with E-state index in [9.17, 15) is 4.79 Å². The number of carbonyl (C=O) groups is 1. The number of benzene rings is 1. The molecule has 1 amide bonds. The van der Waals surface area contributed by atoms with Crippen LogP contribution in [0.5, 0.6) is 0 Å². The number of hydrogen-bond acceptors (Lipinski definition) is 3. The lowest BCUT2D eigenvalue weighted by atomic mass is 9.93. The zero-order chi connectivity index (χ0) is 13.6. The second kappa shape index (κ2) is 6.52. The fourth-order valence-corrected chi connectivity index (χ4v) is 1.53. The molecular formula is C14H22N2O2. The van der Waals surface area contributed by atoms with Gasteiger partial charge in [0.25, 0.3) is 0 Å². The standard InChI is InChI=1S/C14H22N2O2/c1-14(2,13(15)17)10-16-8-11-4-6-12(7-5-11)9-18-3/h4-7,16H,8-10H2,1-3H3,(H2,15,17). The molecule has 1 aromatic rings. The molecule has 0 bridgehead atoms. The minimum atomic E-state index is -0.518. The molecule has 0 fully saturated rings. The SMILES string of the molecule is COCc1ccc(CNCC(C)(C)C(N)=O)cc1. The number of amides is 1. The summed E-state index contributed by atoms with van der Waals surface area (Å²) in [4.78, 5) is 11.1. The lowest BCUT2D eigenvalue weighted by Crippen LogP contribution is -2.40. The normalized spacial score (nSPS) is 11.5. The summed E-state index contributed by atoms with van der Waals surface area (Å²) in [6.07, 6.45) is 0. The van der Waals surface area contributed by atoms with Crippen molar-refractivity contribution in [1.82, 2.24) is 5.32 Å². The third-order valence-electron chi connectivity index (χ3n) is 2.90. The van der Waals surface area contributed by atoms with Crippen LogP contribution < -0.4 is 11.1 Å². The largest absolute Gasteiger partial charge is 0.380 e. The molecule has 0 heterocycles. The van der Waals surface area contributed by atoms with Crippen molar-refractivity contribution in [3.63, 3.8) is 0 Å². The average molecular weight is 250 g/mol. The van der Waals surface area contributed by atoms with Crippen LogP contribution >= 0.6 is 0 Å². The fourth-order valence-electron chi connectivity index (χ4n) is 1.53. The van der Waals surface area contributed by atoms with Crippen LogP contribution in [0.25, 0.3) is 0 Å². The Kier molecular flexibility index (Phi) is 5.31. The van der Waals surface area contributed by atoms with Crippen LogP contribution in [-0.2, 0) is 22.7 Å². The molecule has 0 unspecified atom stereocenters. The van der Waals surface area contributed by atoms with E-state index in [0.717, 1.165) is 12.1 Å². The highest BCUT2D eigenvalue weighted by atomic mass is 16.5. The lowest BCUT2D eigenvalue weighted by molar-refractivity contribution is -0.125. The van der Waals surface area contributed by atoms with Gasteiger partial charge in [-0.25, -0.2) is 0 Å². The molecule has 1 aromatic carbocycles. The maximum Gasteiger partial charge on any atom is 0.224 e. The molecule has 0 atom stereocenters. The highest BCUT2D eigenvalue weighted by molar-refractivity contribution is 5.80. The van der Waals surface area contributed by atoms with E-state index >= 15 is 0 Å². The van der Waals surface area contributed by atoms with Crippen LogP contribution in [0.2, 0.25) is 0 Å². The first-order valence-corrected chi connectivity index (χ1v) is 6.03. The Morgan fingerprint density at radius 3 is 2.33 bits per heavy atom. The number of methoxy groups -OCH3 is 1. The van der Waals surface area contributed by atoms with Crippen molar-refractivity contribution in [2.24, 2.45) is 11.1 Å². The number of nitrogens with two attached hydrogens (primary N) is 1. The average Bonchev–Trinajstić information content (AvgIpc) is 2.31. The first kappa shape index (κ1) is 14.7. The second-order valence-corrected chi connectivity index (χ2v) is 5.10. The minimum absolute atomic E-state index is 0.287. The number of hydrogen-bond donors (Lipinski definition) is 2. The third kappa shape index (κ3) is 4.47. The van der Waals surface area contributed by atoms with Crippen LogP contribution in [0.4, 0.5) is 0 Å². The molecule has 0 aromatic heterocycles. The first-order chi connectivity index (χ1) is 8.45. The minimum Gasteiger partial charge on any atom is -0.380 e. The van der Waals surface area contributed by atoms with E-state index in [-0.39, 0.29) is 5.91 Å². The highest BCUT2D eigenvalue weighted by Gasteiger charge is 2.23. The van der Waals surface area contributed by atoms with Gasteiger partial charge in [0, 0.05) is 20.2 Å². The summed E-state index contributed by atoms with van der Waals surface area (Å²) in [5.74, 6) is -0.287. The maximum absolute atomic E-state index is 11.1. The maximum atomic E-state index is 11.1. The molecule has 0 spiro atoms. The summed E-state index contributed by atoms with van der Waals surface area (Å²) in [6, 6.07) is 8.19. The van der Waals surface area contributed by atoms with Crippen molar-refractivity contribution in [2.75, 3.05) is 13.7 Å². The summed E-state index contributed by atoms with van der Waals surface area (Å²) in [7, 11) is 1.68. The molecule has 0 saturated heterocycles. The van der Waals surface area contributed by atoms with Gasteiger partial charge in [-0.15, -0.1) is 0 Å². The Hall–Kier alpha value is -1.39. The van der Waals surface area contributed by atoms with Crippen LogP contribution in [0.15, 0.2) is 24.3 Å². The molecule has 3 N–H and O–H groups in total. The Balaban J connectivity index is 2.42. The smallest absolute Gasteiger partial charge is 0.224 e. The van der Waals surface area contributed by atoms with Gasteiger partial charge >= 0.3 is 0 Å². The van der Waals surface area contributed by atoms with Crippen molar-refractivity contribution >= 4 is 5.91 Å². The number of primary amides is 1. The zero-order valence-corrected chi connectivity index (χ0v) is 11.3. The number of carbonyl (C=O) groups excluding carboxylic acids is 1. The molecule has 18 heavy (non-hydrogen) atoms. The monoisotopic (exact) mass is 250 g/mol. The van der Waals surface area contributed by atoms with Gasteiger partial charge in [0.2, 0.25) is 5.91 Å². The molecule has 0 radical (unpaired) electrons. The molecule has 4 heteroatoms. The van der Waals surface area contributed by atoms with Gasteiger partial charge in [0.15, 0.2) is 0 Å². The first-order valence-electron chi connectivity index (χ1n) is 6.03. The van der Waals surface area contributed by atoms with Gasteiger partial charge in [-0.3, -0.25) is 4.79 Å². The summed E-state index contributed by atoms with van der Waals surface area (Å²) in [5.41, 5.74) is 7.12. The van der Waals surface area contributed by atoms with E-state index in [4.69, 9.17) is 10.5 Å². The van der Waals surface area contributed by atoms with Gasteiger partial charge in [-0.1, -0.05) is 24.3 Å². The summed E-state index contributed by atoms with van der Waals surface area (Å²) in [6.45, 7) is 5.60. The van der Waals surface area contributed by atoms with E-state index in [2.05, 4.69) is 17.4 Å². The lowest BCUT2D eigenvalue weighted by Gasteiger charge is -2.20. The summed E-state index contributed by atoms with van der Waals surface area (Å²) < 4.78 is 5.05. The molecule has 100 valence electrons. The molecule has 0 aliphatic rings. The van der Waals surface area contributed by atoms with Crippen LogP contribution in [-0.4, -0.2) is 19.6 Å². The summed E-state index contributed by atoms with van der Waals surface area (Å²) >= 11 is 0. The van der Waals surface area contributed by atoms with Gasteiger partial charge < -0.3 is 15.8 Å². The number of ether oxygens (including phenoxy) is 1. The van der Waals surface area contributed by atoms with Crippen molar-refractivity contribution < 1.29 is 9.53 Å². The number of nitrogens with one attached hydrogen (secondary N) is 1. The zero-order valence-electron chi connectivity index (χ0n) is 11.3. The number of rotatable bonds is 7. The van der Waals surface area contributed by atoms with Gasteiger partial charge in [-0.05, 0) is 25.0 Å². The molecule has 0 aliphatic carbocycles. The van der Waals surface area contributed by atoms with E-state index < -0.39 is 5.41 Å². The van der Waals surface area contributed by atoms with Crippen molar-refractivity contribution in [2.45, 2.75) is 27.0 Å². The molecule has 1 rings (SSSR count). The fraction of sp³-hybridized carbons (Fsp3) is 0.500. The van der Waals surface area contributed by atoms with Crippen LogP contribution in [0, 0.1) is 5.41 Å². The topological polar surface area (TPSA) is 64.3 Å². The third-order valence-corrected chi connectivity index (χ3v) is 2.90. The van der Waals surface area contributed by atoms with E-state index in [0.29, 0.717) is 13.2 Å². The van der Waals surface area contributed by atoms with E-state index in [1.54, 1.807) is 7.11 Å². The van der Waals surface area contributed by atoms with Crippen molar-refractivity contribution in [3.8, 4) is 0 Å². The van der Waals surface area contributed by atoms with E-state index in [1.165, 1.54) is 5.56 Å². The van der Waals surface area contributed by atoms with Crippen LogP contribution in [0.3, 0.4) is 0 Å². The quantitative estimate of drug-likeness (QED) is 0.769. The van der Waals surface area contributed by atoms with E-state index in [1.807, 2.05) is 26.0 Å². The van der Waals surface area contributed by atoms with Crippen molar-refractivity contribution in [3.05, 3.63) is 35.4 Å². The molecule has 4 nitrogen and oxygen atoms in total. The predicted octanol–water partition coefficient (Wildman–Crippen LogP) is 1.43. The molecular weight excluding hydrogens is 228 g/mol. The molecule has 0 saturated carbocycles.